The Hall–Kier alpha value is -1.14. The van der Waals surface area contributed by atoms with Crippen molar-refractivity contribution in [3.8, 4) is 0 Å². The van der Waals surface area contributed by atoms with Crippen molar-refractivity contribution in [2.75, 3.05) is 68.6 Å². The van der Waals surface area contributed by atoms with Gasteiger partial charge in [0.15, 0.2) is 13.2 Å². The van der Waals surface area contributed by atoms with Gasteiger partial charge < -0.3 is 18.6 Å². The number of rotatable bonds is 11. The summed E-state index contributed by atoms with van der Waals surface area (Å²) in [6.07, 6.45) is 5.17. The van der Waals surface area contributed by atoms with Gasteiger partial charge in [-0.15, -0.1) is 0 Å². The van der Waals surface area contributed by atoms with Gasteiger partial charge in [0.25, 0.3) is 0 Å². The molecule has 0 saturated heterocycles. The Balaban J connectivity index is 3.39. The molecule has 6 heteroatoms. The lowest BCUT2D eigenvalue weighted by Gasteiger charge is -2.22. The van der Waals surface area contributed by atoms with Gasteiger partial charge in [0.2, 0.25) is 0 Å². The highest BCUT2D eigenvalue weighted by Gasteiger charge is 2.05. The predicted octanol–water partition coefficient (Wildman–Crippen LogP) is 1.18. The molecule has 0 amide bonds. The third-order valence-electron chi connectivity index (χ3n) is 2.43. The number of likely N-dealkylation sites (N-methyl/N-ethyl adjacent to an activating group) is 2. The van der Waals surface area contributed by atoms with Gasteiger partial charge in [-0.05, 0) is 12.8 Å². The molecule has 0 saturated carbocycles. The second kappa shape index (κ2) is 9.72. The fourth-order valence-electron chi connectivity index (χ4n) is 1.09. The molecule has 0 rings (SSSR count). The highest BCUT2D eigenvalue weighted by Crippen LogP contribution is 1.91. The van der Waals surface area contributed by atoms with E-state index in [2.05, 4.69) is 52.6 Å². The Kier molecular flexibility index (Phi) is 9.16. The Morgan fingerprint density at radius 3 is 1.35 bits per heavy atom. The molecule has 0 fully saturated rings. The van der Waals surface area contributed by atoms with Crippen molar-refractivity contribution in [1.82, 2.24) is 0 Å². The maximum Gasteiger partial charge on any atom is 0.165 e. The second-order valence-electron chi connectivity index (χ2n) is 6.85. The lowest BCUT2D eigenvalue weighted by Crippen LogP contribution is -2.37. The Morgan fingerprint density at radius 2 is 1.05 bits per heavy atom. The molecule has 0 heterocycles. The van der Waals surface area contributed by atoms with Gasteiger partial charge in [-0.25, -0.2) is 0 Å². The number of hydrogen-bond donors (Lipinski definition) is 0. The van der Waals surface area contributed by atoms with E-state index in [0.717, 1.165) is 34.9 Å². The minimum Gasteiger partial charge on any atom is -0.390 e. The third kappa shape index (κ3) is 16.9. The fourth-order valence-corrected chi connectivity index (χ4v) is 1.09. The zero-order valence-electron chi connectivity index (χ0n) is 14.0. The molecule has 0 unspecified atom stereocenters. The SMILES string of the molecule is C[N+](C)(C)CCO/N=C/CC/C=N/OCC[N+](C)(C)C. The molecule has 0 aliphatic rings. The van der Waals surface area contributed by atoms with E-state index < -0.39 is 0 Å². The van der Waals surface area contributed by atoms with Gasteiger partial charge in [0.05, 0.1) is 42.3 Å². The Labute approximate surface area is 123 Å². The molecular weight excluding hydrogens is 256 g/mol. The lowest BCUT2D eigenvalue weighted by molar-refractivity contribution is -0.870. The standard InChI is InChI=1S/C14H32N4O2/c1-17(2,3)11-13-19-15-9-7-8-10-16-20-14-12-18(4,5)6/h9-10H,7-8,11-14H2,1-6H3/q+2/b15-9+,16-10+. The molecule has 0 radical (unpaired) electrons. The van der Waals surface area contributed by atoms with Gasteiger partial charge in [0.1, 0.15) is 13.1 Å². The maximum atomic E-state index is 5.17. The van der Waals surface area contributed by atoms with E-state index in [9.17, 15) is 0 Å². The van der Waals surface area contributed by atoms with Crippen molar-refractivity contribution >= 4 is 12.4 Å². The summed E-state index contributed by atoms with van der Waals surface area (Å²) in [6.45, 7) is 3.17. The minimum atomic E-state index is 0.641. The number of quaternary nitrogens is 2. The van der Waals surface area contributed by atoms with Crippen LogP contribution in [-0.4, -0.2) is 90.0 Å². The van der Waals surface area contributed by atoms with Crippen molar-refractivity contribution in [1.29, 1.82) is 0 Å². The molecule has 0 aromatic carbocycles. The molecule has 0 aromatic heterocycles. The first-order valence-corrected chi connectivity index (χ1v) is 7.09. The summed E-state index contributed by atoms with van der Waals surface area (Å²) in [7, 11) is 12.8. The normalized spacial score (nSPS) is 13.3. The van der Waals surface area contributed by atoms with E-state index in [0.29, 0.717) is 13.2 Å². The van der Waals surface area contributed by atoms with Crippen LogP contribution in [0.2, 0.25) is 0 Å². The molecule has 118 valence electrons. The van der Waals surface area contributed by atoms with E-state index in [1.54, 1.807) is 12.4 Å². The molecular formula is C14H32N4O2+2. The van der Waals surface area contributed by atoms with Gasteiger partial charge in [-0.1, -0.05) is 10.3 Å². The number of oxime groups is 2. The molecule has 0 aromatic rings. The van der Waals surface area contributed by atoms with Gasteiger partial charge in [-0.3, -0.25) is 0 Å². The summed E-state index contributed by atoms with van der Waals surface area (Å²) in [5, 5.41) is 7.80. The van der Waals surface area contributed by atoms with Crippen LogP contribution in [0.5, 0.6) is 0 Å². The van der Waals surface area contributed by atoms with Crippen LogP contribution < -0.4 is 0 Å². The summed E-state index contributed by atoms with van der Waals surface area (Å²) in [6, 6.07) is 0. The molecule has 0 aliphatic carbocycles. The third-order valence-corrected chi connectivity index (χ3v) is 2.43. The topological polar surface area (TPSA) is 43.2 Å². The maximum absolute atomic E-state index is 5.17. The predicted molar refractivity (Wildman–Crippen MR) is 83.9 cm³/mol. The summed E-state index contributed by atoms with van der Waals surface area (Å²) in [5.41, 5.74) is 0. The molecule has 6 nitrogen and oxygen atoms in total. The summed E-state index contributed by atoms with van der Waals surface area (Å²) in [4.78, 5) is 10.3. The highest BCUT2D eigenvalue weighted by molar-refractivity contribution is 5.65. The van der Waals surface area contributed by atoms with Crippen LogP contribution in [0.1, 0.15) is 12.8 Å². The van der Waals surface area contributed by atoms with E-state index in [-0.39, 0.29) is 0 Å². The van der Waals surface area contributed by atoms with E-state index in [1.165, 1.54) is 0 Å². The molecule has 0 spiro atoms. The van der Waals surface area contributed by atoms with E-state index in [4.69, 9.17) is 9.68 Å². The average molecular weight is 288 g/mol. The lowest BCUT2D eigenvalue weighted by atomic mass is 10.4. The van der Waals surface area contributed by atoms with Gasteiger partial charge >= 0.3 is 0 Å². The Bertz CT molecular complexity index is 261. The van der Waals surface area contributed by atoms with Crippen molar-refractivity contribution in [2.24, 2.45) is 10.3 Å². The van der Waals surface area contributed by atoms with Crippen LogP contribution in [0.15, 0.2) is 10.3 Å². The zero-order chi connectivity index (χ0) is 15.5. The molecule has 20 heavy (non-hydrogen) atoms. The van der Waals surface area contributed by atoms with Crippen molar-refractivity contribution < 1.29 is 18.6 Å². The molecule has 0 N–H and O–H groups in total. The van der Waals surface area contributed by atoms with Crippen molar-refractivity contribution in [3.63, 3.8) is 0 Å². The first-order chi connectivity index (χ1) is 9.21. The number of nitrogens with zero attached hydrogens (tertiary/aromatic N) is 4. The summed E-state index contributed by atoms with van der Waals surface area (Å²) < 4.78 is 1.76. The van der Waals surface area contributed by atoms with Gasteiger partial charge in [0, 0.05) is 12.4 Å². The first-order valence-electron chi connectivity index (χ1n) is 7.09. The number of unbranched alkanes of at least 4 members (excludes halogenated alkanes) is 1. The van der Waals surface area contributed by atoms with Crippen LogP contribution in [0.3, 0.4) is 0 Å². The zero-order valence-corrected chi connectivity index (χ0v) is 14.0. The second-order valence-corrected chi connectivity index (χ2v) is 6.85. The highest BCUT2D eigenvalue weighted by atomic mass is 16.6. The smallest absolute Gasteiger partial charge is 0.165 e. The summed E-state index contributed by atoms with van der Waals surface area (Å²) in [5.74, 6) is 0. The van der Waals surface area contributed by atoms with Crippen LogP contribution in [0, 0.1) is 0 Å². The summed E-state index contributed by atoms with van der Waals surface area (Å²) >= 11 is 0. The van der Waals surface area contributed by atoms with Crippen molar-refractivity contribution in [3.05, 3.63) is 0 Å². The molecule has 0 bridgehead atoms. The van der Waals surface area contributed by atoms with Crippen LogP contribution in [0.25, 0.3) is 0 Å². The quantitative estimate of drug-likeness (QED) is 0.248. The largest absolute Gasteiger partial charge is 0.390 e. The van der Waals surface area contributed by atoms with Crippen molar-refractivity contribution in [2.45, 2.75) is 12.8 Å². The fraction of sp³-hybridized carbons (Fsp3) is 0.857. The van der Waals surface area contributed by atoms with Crippen LogP contribution in [0.4, 0.5) is 0 Å². The van der Waals surface area contributed by atoms with E-state index >= 15 is 0 Å². The molecule has 0 atom stereocenters. The van der Waals surface area contributed by atoms with Crippen LogP contribution in [-0.2, 0) is 9.68 Å². The van der Waals surface area contributed by atoms with E-state index in [1.807, 2.05) is 0 Å². The Morgan fingerprint density at radius 1 is 0.700 bits per heavy atom. The van der Waals surface area contributed by atoms with Crippen LogP contribution >= 0.6 is 0 Å². The number of hydrogen-bond acceptors (Lipinski definition) is 4. The average Bonchev–Trinajstić information content (AvgIpc) is 2.27. The monoisotopic (exact) mass is 288 g/mol. The molecule has 0 aliphatic heterocycles. The first kappa shape index (κ1) is 18.9. The van der Waals surface area contributed by atoms with Gasteiger partial charge in [-0.2, -0.15) is 0 Å². The minimum absolute atomic E-state index is 0.641.